The maximum atomic E-state index is 12.9. The third-order valence-electron chi connectivity index (χ3n) is 5.46. The number of aromatic nitrogens is 3. The van der Waals surface area contributed by atoms with Crippen LogP contribution in [0.3, 0.4) is 0 Å². The van der Waals surface area contributed by atoms with Crippen molar-refractivity contribution >= 4 is 17.1 Å². The second-order valence-corrected chi connectivity index (χ2v) is 7.36. The lowest BCUT2D eigenvalue weighted by atomic mass is 10.0. The molecule has 1 aromatic carbocycles. The van der Waals surface area contributed by atoms with E-state index in [-0.39, 0.29) is 5.91 Å². The molecule has 2 aromatic heterocycles. The molecule has 152 valence electrons. The summed E-state index contributed by atoms with van der Waals surface area (Å²) in [7, 11) is 3.31. The highest BCUT2D eigenvalue weighted by Crippen LogP contribution is 2.25. The van der Waals surface area contributed by atoms with Gasteiger partial charge in [-0.15, -0.1) is 0 Å². The number of pyridine rings is 1. The number of carbonyl (C=O) groups is 1. The molecule has 0 spiro atoms. The Bertz CT molecular complexity index is 1000. The van der Waals surface area contributed by atoms with Crippen molar-refractivity contribution in [3.8, 4) is 5.75 Å². The van der Waals surface area contributed by atoms with Gasteiger partial charge >= 0.3 is 0 Å². The Hall–Kier alpha value is -2.93. The number of amides is 1. The number of imidazole rings is 1. The molecular weight excluding hydrogens is 368 g/mol. The highest BCUT2D eigenvalue weighted by molar-refractivity contribution is 5.94. The normalized spacial score (nSPS) is 16.5. The maximum Gasteiger partial charge on any atom is 0.253 e. The minimum absolute atomic E-state index is 0.0564. The summed E-state index contributed by atoms with van der Waals surface area (Å²) >= 11 is 0. The molecule has 3 heterocycles. The van der Waals surface area contributed by atoms with Crippen LogP contribution in [0.1, 0.15) is 22.6 Å². The summed E-state index contributed by atoms with van der Waals surface area (Å²) in [6, 6.07) is 11.2. The molecule has 0 N–H and O–H groups in total. The van der Waals surface area contributed by atoms with Gasteiger partial charge in [0.2, 0.25) is 0 Å². The van der Waals surface area contributed by atoms with Crippen molar-refractivity contribution in [2.24, 2.45) is 5.92 Å². The van der Waals surface area contributed by atoms with E-state index in [0.29, 0.717) is 23.8 Å². The molecule has 1 aliphatic rings. The van der Waals surface area contributed by atoms with E-state index in [1.807, 2.05) is 35.2 Å². The number of hydrogen-bond acceptors (Lipinski definition) is 5. The van der Waals surface area contributed by atoms with E-state index >= 15 is 0 Å². The van der Waals surface area contributed by atoms with E-state index in [1.54, 1.807) is 26.5 Å². The fourth-order valence-electron chi connectivity index (χ4n) is 3.96. The van der Waals surface area contributed by atoms with E-state index in [0.717, 1.165) is 49.5 Å². The summed E-state index contributed by atoms with van der Waals surface area (Å²) < 4.78 is 12.7. The predicted octanol–water partition coefficient (Wildman–Crippen LogP) is 2.79. The lowest BCUT2D eigenvalue weighted by molar-refractivity contribution is 0.0786. The Morgan fingerprint density at radius 1 is 1.24 bits per heavy atom. The summed E-state index contributed by atoms with van der Waals surface area (Å²) in [6.45, 7) is 2.83. The highest BCUT2D eigenvalue weighted by Gasteiger charge is 2.28. The van der Waals surface area contributed by atoms with Crippen LogP contribution in [0.4, 0.5) is 0 Å². The Morgan fingerprint density at radius 3 is 2.97 bits per heavy atom. The number of benzene rings is 1. The Labute approximate surface area is 170 Å². The van der Waals surface area contributed by atoms with Crippen LogP contribution in [-0.2, 0) is 17.7 Å². The number of fused-ring (bicyclic) bond motifs is 1. The van der Waals surface area contributed by atoms with Gasteiger partial charge in [0.05, 0.1) is 13.7 Å². The van der Waals surface area contributed by atoms with Gasteiger partial charge in [-0.1, -0.05) is 6.07 Å². The van der Waals surface area contributed by atoms with Crippen molar-refractivity contribution in [2.45, 2.75) is 19.4 Å². The molecule has 0 bridgehead atoms. The zero-order chi connectivity index (χ0) is 20.2. The van der Waals surface area contributed by atoms with E-state index in [2.05, 4.69) is 9.55 Å². The number of likely N-dealkylation sites (tertiary alicyclic amines) is 1. The van der Waals surface area contributed by atoms with Gasteiger partial charge in [0.25, 0.3) is 5.91 Å². The van der Waals surface area contributed by atoms with Gasteiger partial charge in [0.15, 0.2) is 5.65 Å². The predicted molar refractivity (Wildman–Crippen MR) is 110 cm³/mol. The minimum Gasteiger partial charge on any atom is -0.497 e. The van der Waals surface area contributed by atoms with E-state index in [4.69, 9.17) is 14.5 Å². The molecule has 29 heavy (non-hydrogen) atoms. The van der Waals surface area contributed by atoms with Gasteiger partial charge in [-0.3, -0.25) is 4.79 Å². The molecule has 7 heteroatoms. The Balaban J connectivity index is 1.48. The van der Waals surface area contributed by atoms with E-state index in [1.165, 1.54) is 0 Å². The fourth-order valence-corrected chi connectivity index (χ4v) is 3.96. The van der Waals surface area contributed by atoms with Crippen molar-refractivity contribution in [3.05, 3.63) is 54.0 Å². The van der Waals surface area contributed by atoms with Crippen molar-refractivity contribution < 1.29 is 14.3 Å². The standard InChI is InChI=1S/C22H26N4O3/c1-28-12-11-26-20(24-19-7-4-9-23-21(19)26)13-16-8-10-25(15-16)22(27)17-5-3-6-18(14-17)29-2/h3-7,9,14,16H,8,10-13,15H2,1-2H3/t16-/m1/s1. The van der Waals surface area contributed by atoms with Gasteiger partial charge in [0, 0.05) is 44.9 Å². The number of methoxy groups -OCH3 is 2. The van der Waals surface area contributed by atoms with E-state index in [9.17, 15) is 4.79 Å². The van der Waals surface area contributed by atoms with Crippen LogP contribution >= 0.6 is 0 Å². The molecule has 0 saturated carbocycles. The summed E-state index contributed by atoms with van der Waals surface area (Å²) in [4.78, 5) is 24.1. The number of carbonyl (C=O) groups excluding carboxylic acids is 1. The lowest BCUT2D eigenvalue weighted by Gasteiger charge is -2.17. The molecule has 1 fully saturated rings. The lowest BCUT2D eigenvalue weighted by Crippen LogP contribution is -2.29. The first-order valence-electron chi connectivity index (χ1n) is 9.92. The van der Waals surface area contributed by atoms with Crippen molar-refractivity contribution in [3.63, 3.8) is 0 Å². The van der Waals surface area contributed by atoms with Gasteiger partial charge in [0.1, 0.15) is 17.1 Å². The maximum absolute atomic E-state index is 12.9. The summed E-state index contributed by atoms with van der Waals surface area (Å²) in [6.07, 6.45) is 3.58. The molecule has 1 saturated heterocycles. The monoisotopic (exact) mass is 394 g/mol. The molecule has 4 rings (SSSR count). The molecule has 7 nitrogen and oxygen atoms in total. The molecule has 1 atom stereocenters. The zero-order valence-electron chi connectivity index (χ0n) is 16.9. The van der Waals surface area contributed by atoms with Gasteiger partial charge in [-0.25, -0.2) is 9.97 Å². The summed E-state index contributed by atoms with van der Waals surface area (Å²) in [5, 5.41) is 0. The molecule has 1 aliphatic heterocycles. The second kappa shape index (κ2) is 8.61. The molecule has 3 aromatic rings. The molecule has 0 radical (unpaired) electrons. The quantitative estimate of drug-likeness (QED) is 0.616. The van der Waals surface area contributed by atoms with Crippen LogP contribution in [0.2, 0.25) is 0 Å². The van der Waals surface area contributed by atoms with Crippen LogP contribution < -0.4 is 4.74 Å². The van der Waals surface area contributed by atoms with Gasteiger partial charge < -0.3 is 18.9 Å². The van der Waals surface area contributed by atoms with E-state index < -0.39 is 0 Å². The average molecular weight is 394 g/mol. The third-order valence-corrected chi connectivity index (χ3v) is 5.46. The minimum atomic E-state index is 0.0564. The van der Waals surface area contributed by atoms with Crippen LogP contribution in [0.25, 0.3) is 11.2 Å². The van der Waals surface area contributed by atoms with Gasteiger partial charge in [-0.05, 0) is 42.7 Å². The molecule has 1 amide bonds. The third kappa shape index (κ3) is 4.10. The SMILES string of the molecule is COCCn1c(C[C@H]2CCN(C(=O)c3cccc(OC)c3)C2)nc2cccnc21. The Morgan fingerprint density at radius 2 is 2.14 bits per heavy atom. The summed E-state index contributed by atoms with van der Waals surface area (Å²) in [5.74, 6) is 2.14. The van der Waals surface area contributed by atoms with Crippen LogP contribution in [-0.4, -0.2) is 59.3 Å². The average Bonchev–Trinajstić information content (AvgIpc) is 3.36. The second-order valence-electron chi connectivity index (χ2n) is 7.36. The first kappa shape index (κ1) is 19.4. The smallest absolute Gasteiger partial charge is 0.253 e. The summed E-state index contributed by atoms with van der Waals surface area (Å²) in [5.41, 5.74) is 2.46. The fraction of sp³-hybridized carbons (Fsp3) is 0.409. The highest BCUT2D eigenvalue weighted by atomic mass is 16.5. The Kier molecular flexibility index (Phi) is 5.76. The number of ether oxygens (including phenoxy) is 2. The van der Waals surface area contributed by atoms with Crippen molar-refractivity contribution in [1.82, 2.24) is 19.4 Å². The zero-order valence-corrected chi connectivity index (χ0v) is 16.9. The van der Waals surface area contributed by atoms with Crippen LogP contribution in [0.5, 0.6) is 5.75 Å². The largest absolute Gasteiger partial charge is 0.497 e. The topological polar surface area (TPSA) is 69.5 Å². The number of nitrogens with zero attached hydrogens (tertiary/aromatic N) is 4. The number of hydrogen-bond donors (Lipinski definition) is 0. The molecular formula is C22H26N4O3. The van der Waals surface area contributed by atoms with Crippen molar-refractivity contribution in [1.29, 1.82) is 0 Å². The van der Waals surface area contributed by atoms with Gasteiger partial charge in [-0.2, -0.15) is 0 Å². The number of rotatable bonds is 7. The first-order valence-corrected chi connectivity index (χ1v) is 9.92. The molecule has 0 unspecified atom stereocenters. The van der Waals surface area contributed by atoms with Crippen molar-refractivity contribution in [2.75, 3.05) is 33.9 Å². The van der Waals surface area contributed by atoms with Crippen LogP contribution in [0, 0.1) is 5.92 Å². The molecule has 0 aliphatic carbocycles. The van der Waals surface area contributed by atoms with Crippen LogP contribution in [0.15, 0.2) is 42.6 Å². The first-order chi connectivity index (χ1) is 14.2.